The summed E-state index contributed by atoms with van der Waals surface area (Å²) in [6.07, 6.45) is 1.50. The molecule has 4 rings (SSSR count). The molecule has 170 valence electrons. The molecular weight excluding hydrogens is 430 g/mol. The number of hydrogen-bond donors (Lipinski definition) is 0. The van der Waals surface area contributed by atoms with Crippen LogP contribution in [0.3, 0.4) is 0 Å². The van der Waals surface area contributed by atoms with Crippen LogP contribution >= 0.6 is 0 Å². The molecule has 0 radical (unpaired) electrons. The van der Waals surface area contributed by atoms with Gasteiger partial charge in [-0.1, -0.05) is 6.07 Å². The summed E-state index contributed by atoms with van der Waals surface area (Å²) < 4.78 is 44.8. The van der Waals surface area contributed by atoms with Gasteiger partial charge in [-0.15, -0.1) is 10.2 Å². The van der Waals surface area contributed by atoms with Gasteiger partial charge >= 0.3 is 0 Å². The molecule has 1 saturated heterocycles. The lowest BCUT2D eigenvalue weighted by Crippen LogP contribution is -2.39. The van der Waals surface area contributed by atoms with Gasteiger partial charge < -0.3 is 13.9 Å². The van der Waals surface area contributed by atoms with E-state index in [4.69, 9.17) is 13.9 Å². The van der Waals surface area contributed by atoms with Crippen molar-refractivity contribution in [3.8, 4) is 23.0 Å². The minimum Gasteiger partial charge on any atom is -0.497 e. The van der Waals surface area contributed by atoms with Gasteiger partial charge in [0.1, 0.15) is 11.5 Å². The first-order valence-electron chi connectivity index (χ1n) is 10.6. The summed E-state index contributed by atoms with van der Waals surface area (Å²) in [5.41, 5.74) is 1.55. The molecule has 9 heteroatoms. The first-order valence-corrected chi connectivity index (χ1v) is 12.1. The van der Waals surface area contributed by atoms with Gasteiger partial charge in [-0.3, -0.25) is 0 Å². The molecule has 0 amide bonds. The van der Waals surface area contributed by atoms with Crippen LogP contribution in [0.1, 0.15) is 37.1 Å². The van der Waals surface area contributed by atoms with Crippen LogP contribution in [0.5, 0.6) is 11.5 Å². The van der Waals surface area contributed by atoms with Crippen molar-refractivity contribution in [2.45, 2.75) is 37.5 Å². The van der Waals surface area contributed by atoms with Crippen molar-refractivity contribution in [3.63, 3.8) is 0 Å². The molecule has 0 saturated carbocycles. The second-order valence-corrected chi connectivity index (χ2v) is 9.68. The Bertz CT molecular complexity index is 1190. The van der Waals surface area contributed by atoms with E-state index in [1.165, 1.54) is 4.31 Å². The minimum atomic E-state index is -3.64. The average Bonchev–Trinajstić information content (AvgIpc) is 3.31. The highest BCUT2D eigenvalue weighted by molar-refractivity contribution is 7.89. The van der Waals surface area contributed by atoms with Gasteiger partial charge in [-0.05, 0) is 68.7 Å². The molecule has 8 nitrogen and oxygen atoms in total. The molecule has 1 unspecified atom stereocenters. The Balaban J connectivity index is 1.53. The van der Waals surface area contributed by atoms with Gasteiger partial charge in [-0.2, -0.15) is 4.31 Å². The van der Waals surface area contributed by atoms with E-state index in [1.54, 1.807) is 25.3 Å². The molecule has 0 aliphatic carbocycles. The number of sulfonamides is 1. The third-order valence-electron chi connectivity index (χ3n) is 5.57. The third-order valence-corrected chi connectivity index (χ3v) is 7.44. The SMILES string of the molecule is CCOc1ccc(S(=O)(=O)N2CCCC(c3nnc(-c4cccc(OC)c4)o3)C2)cc1C. The Labute approximate surface area is 188 Å². The lowest BCUT2D eigenvalue weighted by Gasteiger charge is -2.30. The summed E-state index contributed by atoms with van der Waals surface area (Å²) in [4.78, 5) is 0.265. The number of rotatable bonds is 7. The summed E-state index contributed by atoms with van der Waals surface area (Å²) in [6, 6.07) is 12.4. The predicted molar refractivity (Wildman–Crippen MR) is 119 cm³/mol. The molecule has 3 aromatic rings. The topological polar surface area (TPSA) is 94.8 Å². The van der Waals surface area contributed by atoms with E-state index in [1.807, 2.05) is 38.1 Å². The second kappa shape index (κ2) is 9.30. The van der Waals surface area contributed by atoms with Crippen LogP contribution in [-0.2, 0) is 10.0 Å². The number of ether oxygens (including phenoxy) is 2. The number of benzene rings is 2. The van der Waals surface area contributed by atoms with Gasteiger partial charge in [0.15, 0.2) is 0 Å². The zero-order chi connectivity index (χ0) is 22.7. The van der Waals surface area contributed by atoms with Gasteiger partial charge in [0, 0.05) is 18.7 Å². The second-order valence-electron chi connectivity index (χ2n) is 7.74. The molecule has 0 bridgehead atoms. The Morgan fingerprint density at radius 3 is 2.78 bits per heavy atom. The molecule has 0 spiro atoms. The molecule has 2 aromatic carbocycles. The van der Waals surface area contributed by atoms with Crippen molar-refractivity contribution in [2.24, 2.45) is 0 Å². The van der Waals surface area contributed by atoms with Gasteiger partial charge in [0.05, 0.1) is 24.5 Å². The molecule has 1 aliphatic heterocycles. The number of aromatic nitrogens is 2. The molecule has 32 heavy (non-hydrogen) atoms. The Hall–Kier alpha value is -2.91. The van der Waals surface area contributed by atoms with Crippen molar-refractivity contribution >= 4 is 10.0 Å². The Kier molecular flexibility index (Phi) is 6.48. The summed E-state index contributed by atoms with van der Waals surface area (Å²) in [5.74, 6) is 2.07. The minimum absolute atomic E-state index is 0.158. The van der Waals surface area contributed by atoms with E-state index in [-0.39, 0.29) is 10.8 Å². The summed E-state index contributed by atoms with van der Waals surface area (Å²) >= 11 is 0. The van der Waals surface area contributed by atoms with Crippen LogP contribution in [0.4, 0.5) is 0 Å². The van der Waals surface area contributed by atoms with Gasteiger partial charge in [-0.25, -0.2) is 8.42 Å². The zero-order valence-corrected chi connectivity index (χ0v) is 19.3. The standard InChI is InChI=1S/C23H27N3O5S/c1-4-30-21-11-10-20(13-16(21)2)32(27,28)26-12-6-8-18(15-26)23-25-24-22(31-23)17-7-5-9-19(14-17)29-3/h5,7,9-11,13-14,18H,4,6,8,12,15H2,1-3H3. The summed E-state index contributed by atoms with van der Waals surface area (Å²) in [7, 11) is -2.04. The lowest BCUT2D eigenvalue weighted by molar-refractivity contribution is 0.286. The van der Waals surface area contributed by atoms with Crippen LogP contribution in [0.2, 0.25) is 0 Å². The van der Waals surface area contributed by atoms with Crippen molar-refractivity contribution in [3.05, 3.63) is 53.9 Å². The van der Waals surface area contributed by atoms with Gasteiger partial charge in [0.25, 0.3) is 0 Å². The van der Waals surface area contributed by atoms with Crippen LogP contribution < -0.4 is 9.47 Å². The van der Waals surface area contributed by atoms with E-state index in [0.717, 1.165) is 24.0 Å². The van der Waals surface area contributed by atoms with Crippen LogP contribution in [0, 0.1) is 6.92 Å². The van der Waals surface area contributed by atoms with Gasteiger partial charge in [0.2, 0.25) is 21.8 Å². The molecule has 1 atom stereocenters. The summed E-state index contributed by atoms with van der Waals surface area (Å²) in [5, 5.41) is 8.38. The van der Waals surface area contributed by atoms with E-state index >= 15 is 0 Å². The Morgan fingerprint density at radius 1 is 1.19 bits per heavy atom. The number of aryl methyl sites for hydroxylation is 1. The zero-order valence-electron chi connectivity index (χ0n) is 18.4. The maximum absolute atomic E-state index is 13.3. The molecular formula is C23H27N3O5S. The smallest absolute Gasteiger partial charge is 0.247 e. The quantitative estimate of drug-likeness (QED) is 0.529. The lowest BCUT2D eigenvalue weighted by atomic mass is 10.00. The van der Waals surface area contributed by atoms with E-state index in [0.29, 0.717) is 43.0 Å². The molecule has 1 aliphatic rings. The fourth-order valence-electron chi connectivity index (χ4n) is 3.88. The molecule has 0 N–H and O–H groups in total. The molecule has 1 fully saturated rings. The van der Waals surface area contributed by atoms with Crippen molar-refractivity contribution in [1.29, 1.82) is 0 Å². The monoisotopic (exact) mass is 457 g/mol. The fourth-order valence-corrected chi connectivity index (χ4v) is 5.49. The number of hydrogen-bond acceptors (Lipinski definition) is 7. The van der Waals surface area contributed by atoms with E-state index < -0.39 is 10.0 Å². The highest BCUT2D eigenvalue weighted by Gasteiger charge is 2.33. The maximum atomic E-state index is 13.3. The first kappa shape index (κ1) is 22.3. The number of nitrogens with zero attached hydrogens (tertiary/aromatic N) is 3. The van der Waals surface area contributed by atoms with Crippen LogP contribution in [-0.4, -0.2) is 49.7 Å². The number of piperidine rings is 1. The van der Waals surface area contributed by atoms with Crippen molar-refractivity contribution in [1.82, 2.24) is 14.5 Å². The Morgan fingerprint density at radius 2 is 2.03 bits per heavy atom. The highest BCUT2D eigenvalue weighted by Crippen LogP contribution is 2.32. The molecule has 1 aromatic heterocycles. The maximum Gasteiger partial charge on any atom is 0.247 e. The largest absolute Gasteiger partial charge is 0.497 e. The number of methoxy groups -OCH3 is 1. The summed E-state index contributed by atoms with van der Waals surface area (Å²) in [6.45, 7) is 5.04. The van der Waals surface area contributed by atoms with Crippen molar-refractivity contribution < 1.29 is 22.3 Å². The third kappa shape index (κ3) is 4.49. The van der Waals surface area contributed by atoms with Crippen LogP contribution in [0.25, 0.3) is 11.5 Å². The van der Waals surface area contributed by atoms with E-state index in [2.05, 4.69) is 10.2 Å². The molecule has 2 heterocycles. The average molecular weight is 458 g/mol. The fraction of sp³-hybridized carbons (Fsp3) is 0.391. The van der Waals surface area contributed by atoms with Crippen molar-refractivity contribution in [2.75, 3.05) is 26.8 Å². The highest BCUT2D eigenvalue weighted by atomic mass is 32.2. The van der Waals surface area contributed by atoms with E-state index in [9.17, 15) is 8.42 Å². The first-order chi connectivity index (χ1) is 15.4. The predicted octanol–water partition coefficient (Wildman–Crippen LogP) is 4.02. The van der Waals surface area contributed by atoms with Crippen LogP contribution in [0.15, 0.2) is 51.8 Å². The normalized spacial score (nSPS) is 17.3.